The van der Waals surface area contributed by atoms with Crippen molar-refractivity contribution in [3.63, 3.8) is 0 Å². The summed E-state index contributed by atoms with van der Waals surface area (Å²) in [6.45, 7) is 12.3. The average Bonchev–Trinajstić information content (AvgIpc) is 3.31. The SMILES string of the molecule is CCOc1ccc2ccccc2c1C(=O)N(CCN(CC)CC)c1nc2c(OCC)cccc2s1. The second kappa shape index (κ2) is 11.5. The number of fused-ring (bicyclic) bond motifs is 2. The lowest BCUT2D eigenvalue weighted by Crippen LogP contribution is -2.39. The molecule has 1 heterocycles. The summed E-state index contributed by atoms with van der Waals surface area (Å²) in [6.07, 6.45) is 0. The van der Waals surface area contributed by atoms with Crippen molar-refractivity contribution < 1.29 is 14.3 Å². The summed E-state index contributed by atoms with van der Waals surface area (Å²) in [4.78, 5) is 23.3. The Morgan fingerprint density at radius 1 is 0.857 bits per heavy atom. The molecular formula is C28H33N3O3S. The molecular weight excluding hydrogens is 458 g/mol. The van der Waals surface area contributed by atoms with Crippen LogP contribution in [-0.2, 0) is 0 Å². The molecule has 0 radical (unpaired) electrons. The molecule has 1 aromatic heterocycles. The Morgan fingerprint density at radius 2 is 1.60 bits per heavy atom. The minimum atomic E-state index is -0.102. The molecule has 3 aromatic carbocycles. The van der Waals surface area contributed by atoms with E-state index in [-0.39, 0.29) is 5.91 Å². The third-order valence-electron chi connectivity index (χ3n) is 6.09. The Morgan fingerprint density at radius 3 is 2.34 bits per heavy atom. The maximum atomic E-state index is 14.3. The maximum absolute atomic E-state index is 14.3. The average molecular weight is 492 g/mol. The first-order chi connectivity index (χ1) is 17.1. The van der Waals surface area contributed by atoms with Crippen molar-refractivity contribution in [2.24, 2.45) is 0 Å². The molecule has 0 bridgehead atoms. The highest BCUT2D eigenvalue weighted by Crippen LogP contribution is 2.36. The van der Waals surface area contributed by atoms with Crippen LogP contribution in [-0.4, -0.2) is 55.2 Å². The largest absolute Gasteiger partial charge is 0.493 e. The van der Waals surface area contributed by atoms with Gasteiger partial charge in [-0.15, -0.1) is 0 Å². The number of carbonyl (C=O) groups is 1. The number of amides is 1. The minimum Gasteiger partial charge on any atom is -0.493 e. The van der Waals surface area contributed by atoms with E-state index in [0.717, 1.165) is 46.4 Å². The Labute approximate surface area is 211 Å². The Bertz CT molecular complexity index is 1300. The van der Waals surface area contributed by atoms with Gasteiger partial charge in [0.2, 0.25) is 0 Å². The van der Waals surface area contributed by atoms with Gasteiger partial charge < -0.3 is 14.4 Å². The summed E-state index contributed by atoms with van der Waals surface area (Å²) in [5.41, 5.74) is 1.37. The Balaban J connectivity index is 1.84. The first kappa shape index (κ1) is 24.9. The van der Waals surface area contributed by atoms with Gasteiger partial charge in [0.05, 0.1) is 23.5 Å². The molecule has 0 fully saturated rings. The van der Waals surface area contributed by atoms with Crippen molar-refractivity contribution in [1.29, 1.82) is 0 Å². The van der Waals surface area contributed by atoms with Gasteiger partial charge in [0.25, 0.3) is 5.91 Å². The monoisotopic (exact) mass is 491 g/mol. The molecule has 0 saturated heterocycles. The van der Waals surface area contributed by atoms with Gasteiger partial charge in [-0.2, -0.15) is 0 Å². The second-order valence-electron chi connectivity index (χ2n) is 8.11. The van der Waals surface area contributed by atoms with Gasteiger partial charge in [-0.05, 0) is 55.9 Å². The van der Waals surface area contributed by atoms with Crippen molar-refractivity contribution >= 4 is 43.4 Å². The van der Waals surface area contributed by atoms with Gasteiger partial charge in [0.15, 0.2) is 5.13 Å². The number of ether oxygens (including phenoxy) is 2. The van der Waals surface area contributed by atoms with Crippen molar-refractivity contribution in [2.75, 3.05) is 44.3 Å². The zero-order valence-corrected chi connectivity index (χ0v) is 21.7. The fourth-order valence-electron chi connectivity index (χ4n) is 4.25. The van der Waals surface area contributed by atoms with Crippen molar-refractivity contribution in [3.05, 3.63) is 60.2 Å². The molecule has 7 heteroatoms. The molecule has 0 N–H and O–H groups in total. The standard InChI is InChI=1S/C28H33N3O3S/c1-5-30(6-2)18-19-31(28-29-26-23(34-8-4)14-11-15-24(26)35-28)27(32)25-21-13-10-9-12-20(21)16-17-22(25)33-7-3/h9-17H,5-8,18-19H2,1-4H3. The molecule has 0 atom stereocenters. The second-order valence-corrected chi connectivity index (χ2v) is 9.12. The van der Waals surface area contributed by atoms with E-state index in [2.05, 4.69) is 18.7 Å². The topological polar surface area (TPSA) is 54.9 Å². The number of nitrogens with zero attached hydrogens (tertiary/aromatic N) is 3. The number of hydrogen-bond donors (Lipinski definition) is 0. The molecule has 0 spiro atoms. The van der Waals surface area contributed by atoms with Crippen molar-refractivity contribution in [1.82, 2.24) is 9.88 Å². The van der Waals surface area contributed by atoms with Gasteiger partial charge in [-0.1, -0.05) is 61.6 Å². The number of anilines is 1. The number of benzene rings is 3. The summed E-state index contributed by atoms with van der Waals surface area (Å²) >= 11 is 1.51. The molecule has 35 heavy (non-hydrogen) atoms. The zero-order valence-electron chi connectivity index (χ0n) is 20.9. The van der Waals surface area contributed by atoms with Gasteiger partial charge in [-0.3, -0.25) is 9.69 Å². The molecule has 0 aliphatic carbocycles. The van der Waals surface area contributed by atoms with Crippen LogP contribution < -0.4 is 14.4 Å². The summed E-state index contributed by atoms with van der Waals surface area (Å²) in [5.74, 6) is 1.23. The van der Waals surface area contributed by atoms with Crippen LogP contribution in [0.2, 0.25) is 0 Å². The molecule has 6 nitrogen and oxygen atoms in total. The Hall–Kier alpha value is -3.16. The highest BCUT2D eigenvalue weighted by atomic mass is 32.1. The smallest absolute Gasteiger partial charge is 0.264 e. The van der Waals surface area contributed by atoms with Crippen LogP contribution >= 0.6 is 11.3 Å². The van der Waals surface area contributed by atoms with Crippen LogP contribution in [0.1, 0.15) is 38.1 Å². The number of para-hydroxylation sites is 1. The van der Waals surface area contributed by atoms with Gasteiger partial charge in [0, 0.05) is 13.1 Å². The van der Waals surface area contributed by atoms with Crippen LogP contribution in [0.25, 0.3) is 21.0 Å². The number of carbonyl (C=O) groups excluding carboxylic acids is 1. The lowest BCUT2D eigenvalue weighted by atomic mass is 10.0. The third kappa shape index (κ3) is 5.26. The van der Waals surface area contributed by atoms with Gasteiger partial charge in [0.1, 0.15) is 17.0 Å². The van der Waals surface area contributed by atoms with Gasteiger partial charge in [-0.25, -0.2) is 4.98 Å². The van der Waals surface area contributed by atoms with E-state index in [1.807, 2.05) is 73.3 Å². The maximum Gasteiger partial charge on any atom is 0.264 e. The lowest BCUT2D eigenvalue weighted by molar-refractivity contribution is 0.0982. The predicted molar refractivity (Wildman–Crippen MR) is 145 cm³/mol. The molecule has 0 aliphatic rings. The van der Waals surface area contributed by atoms with E-state index >= 15 is 0 Å². The molecule has 0 unspecified atom stereocenters. The van der Waals surface area contributed by atoms with Crippen LogP contribution in [0.3, 0.4) is 0 Å². The van der Waals surface area contributed by atoms with Crippen LogP contribution in [0.4, 0.5) is 5.13 Å². The highest BCUT2D eigenvalue weighted by Gasteiger charge is 2.27. The predicted octanol–water partition coefficient (Wildman–Crippen LogP) is 6.24. The van der Waals surface area contributed by atoms with Crippen LogP contribution in [0.15, 0.2) is 54.6 Å². The lowest BCUT2D eigenvalue weighted by Gasteiger charge is -2.26. The summed E-state index contributed by atoms with van der Waals surface area (Å²) in [7, 11) is 0. The van der Waals surface area contributed by atoms with E-state index < -0.39 is 0 Å². The molecule has 0 aliphatic heterocycles. The number of hydrogen-bond acceptors (Lipinski definition) is 6. The molecule has 1 amide bonds. The molecule has 4 rings (SSSR count). The van der Waals surface area contributed by atoms with E-state index in [1.54, 1.807) is 0 Å². The fraction of sp³-hybridized carbons (Fsp3) is 0.357. The van der Waals surface area contributed by atoms with E-state index in [1.165, 1.54) is 11.3 Å². The number of thiazole rings is 1. The molecule has 0 saturated carbocycles. The quantitative estimate of drug-likeness (QED) is 0.249. The minimum absolute atomic E-state index is 0.102. The number of rotatable bonds is 11. The third-order valence-corrected chi connectivity index (χ3v) is 7.13. The van der Waals surface area contributed by atoms with Gasteiger partial charge >= 0.3 is 0 Å². The first-order valence-corrected chi connectivity index (χ1v) is 13.1. The summed E-state index contributed by atoms with van der Waals surface area (Å²) < 4.78 is 12.7. The van der Waals surface area contributed by atoms with Crippen LogP contribution in [0.5, 0.6) is 11.5 Å². The summed E-state index contributed by atoms with van der Waals surface area (Å²) in [6, 6.07) is 17.8. The molecule has 184 valence electrons. The Kier molecular flexibility index (Phi) is 8.21. The number of likely N-dealkylation sites (N-methyl/N-ethyl adjacent to an activating group) is 1. The zero-order chi connectivity index (χ0) is 24.8. The van der Waals surface area contributed by atoms with Crippen LogP contribution in [0, 0.1) is 0 Å². The fourth-order valence-corrected chi connectivity index (χ4v) is 5.25. The highest BCUT2D eigenvalue weighted by molar-refractivity contribution is 7.22. The summed E-state index contributed by atoms with van der Waals surface area (Å²) in [5, 5.41) is 2.55. The van der Waals surface area contributed by atoms with E-state index in [9.17, 15) is 4.79 Å². The van der Waals surface area contributed by atoms with Crippen molar-refractivity contribution in [3.8, 4) is 11.5 Å². The van der Waals surface area contributed by atoms with E-state index in [0.29, 0.717) is 36.2 Å². The first-order valence-electron chi connectivity index (χ1n) is 12.3. The van der Waals surface area contributed by atoms with Crippen molar-refractivity contribution in [2.45, 2.75) is 27.7 Å². The number of aromatic nitrogens is 1. The van der Waals surface area contributed by atoms with E-state index in [4.69, 9.17) is 14.5 Å². The molecule has 4 aromatic rings. The normalized spacial score (nSPS) is 11.3.